The van der Waals surface area contributed by atoms with Crippen molar-refractivity contribution in [2.24, 2.45) is 0 Å². The molecule has 11 heteroatoms. The monoisotopic (exact) mass is 516 g/mol. The Morgan fingerprint density at radius 2 is 1.91 bits per heavy atom. The third-order valence-corrected chi connectivity index (χ3v) is 9.32. The summed E-state index contributed by atoms with van der Waals surface area (Å²) in [5.41, 5.74) is 1.03. The van der Waals surface area contributed by atoms with E-state index in [0.29, 0.717) is 46.5 Å². The number of nitrogens with zero attached hydrogens (tertiary/aromatic N) is 3. The first-order valence-corrected chi connectivity index (χ1v) is 14.4. The Kier molecular flexibility index (Phi) is 6.99. The average Bonchev–Trinajstić information content (AvgIpc) is 3.65. The summed E-state index contributed by atoms with van der Waals surface area (Å²) in [6.07, 6.45) is 6.69. The molecule has 2 saturated carbocycles. The lowest BCUT2D eigenvalue weighted by molar-refractivity contribution is -0.133. The topological polar surface area (TPSA) is 120 Å². The number of fused-ring (bicyclic) bond motifs is 1. The normalized spacial score (nSPS) is 17.9. The van der Waals surface area contributed by atoms with Gasteiger partial charge in [-0.25, -0.2) is 18.4 Å². The standard InChI is InChI=1S/C24H28N4O5S2/c1-2-32-20-13-12-19-23(27-20)34-24(26-19)28-22(29)21(33-15-6-4-3-5-7-15)18-11-10-17(14-25-18)35(30,31)16-8-9-16/h10-16,21H,2-9H2,1H3,(H,26,28,29). The van der Waals surface area contributed by atoms with E-state index in [4.69, 9.17) is 9.47 Å². The van der Waals surface area contributed by atoms with Crippen molar-refractivity contribution >= 4 is 42.6 Å². The Labute approximate surface area is 208 Å². The van der Waals surface area contributed by atoms with E-state index in [-0.39, 0.29) is 16.2 Å². The first-order valence-electron chi connectivity index (χ1n) is 12.0. The van der Waals surface area contributed by atoms with Gasteiger partial charge in [-0.1, -0.05) is 30.6 Å². The Hall–Kier alpha value is -2.63. The van der Waals surface area contributed by atoms with Gasteiger partial charge in [0.2, 0.25) is 5.88 Å². The van der Waals surface area contributed by atoms with Crippen LogP contribution < -0.4 is 10.1 Å². The molecular formula is C24H28N4O5S2. The molecule has 2 aliphatic rings. The minimum absolute atomic E-state index is 0.0537. The molecule has 0 aromatic carbocycles. The molecule has 1 unspecified atom stereocenters. The van der Waals surface area contributed by atoms with Crippen molar-refractivity contribution in [1.82, 2.24) is 15.0 Å². The van der Waals surface area contributed by atoms with Crippen LogP contribution in [0.2, 0.25) is 0 Å². The number of carbonyl (C=O) groups excluding carboxylic acids is 1. The van der Waals surface area contributed by atoms with Gasteiger partial charge < -0.3 is 9.47 Å². The van der Waals surface area contributed by atoms with E-state index in [9.17, 15) is 13.2 Å². The van der Waals surface area contributed by atoms with E-state index in [1.165, 1.54) is 23.6 Å². The van der Waals surface area contributed by atoms with Crippen LogP contribution in [0.3, 0.4) is 0 Å². The van der Waals surface area contributed by atoms with E-state index in [1.807, 2.05) is 6.92 Å². The lowest BCUT2D eigenvalue weighted by Crippen LogP contribution is -2.29. The van der Waals surface area contributed by atoms with Crippen molar-refractivity contribution in [2.45, 2.75) is 74.2 Å². The summed E-state index contributed by atoms with van der Waals surface area (Å²) < 4.78 is 36.8. The first-order chi connectivity index (χ1) is 16.9. The number of rotatable bonds is 9. The van der Waals surface area contributed by atoms with Gasteiger partial charge in [-0.2, -0.15) is 0 Å². The van der Waals surface area contributed by atoms with Crippen LogP contribution in [0.5, 0.6) is 5.88 Å². The third-order valence-electron chi connectivity index (χ3n) is 6.19. The molecule has 0 bridgehead atoms. The van der Waals surface area contributed by atoms with Gasteiger partial charge in [0, 0.05) is 12.3 Å². The molecule has 2 fully saturated rings. The average molecular weight is 517 g/mol. The summed E-state index contributed by atoms with van der Waals surface area (Å²) in [7, 11) is -3.36. The summed E-state index contributed by atoms with van der Waals surface area (Å²) in [5.74, 6) is 0.107. The molecule has 1 atom stereocenters. The number of anilines is 1. The predicted octanol–water partition coefficient (Wildman–Crippen LogP) is 4.45. The minimum Gasteiger partial charge on any atom is -0.478 e. The van der Waals surface area contributed by atoms with E-state index in [0.717, 1.165) is 32.1 Å². The summed E-state index contributed by atoms with van der Waals surface area (Å²) in [6.45, 7) is 2.40. The van der Waals surface area contributed by atoms with E-state index in [2.05, 4.69) is 20.3 Å². The molecule has 1 amide bonds. The van der Waals surface area contributed by atoms with E-state index >= 15 is 0 Å². The van der Waals surface area contributed by atoms with Gasteiger partial charge in [0.1, 0.15) is 10.3 Å². The third kappa shape index (κ3) is 5.46. The fourth-order valence-corrected chi connectivity index (χ4v) is 6.63. The predicted molar refractivity (Wildman–Crippen MR) is 132 cm³/mol. The highest BCUT2D eigenvalue weighted by molar-refractivity contribution is 7.92. The number of sulfone groups is 1. The van der Waals surface area contributed by atoms with Gasteiger partial charge in [0.05, 0.1) is 28.6 Å². The van der Waals surface area contributed by atoms with Crippen LogP contribution in [0.4, 0.5) is 5.13 Å². The van der Waals surface area contributed by atoms with Crippen molar-refractivity contribution in [3.8, 4) is 5.88 Å². The molecule has 0 aliphatic heterocycles. The first kappa shape index (κ1) is 24.1. The molecule has 3 heterocycles. The van der Waals surface area contributed by atoms with Crippen LogP contribution in [-0.2, 0) is 19.4 Å². The number of hydrogen-bond donors (Lipinski definition) is 1. The maximum absolute atomic E-state index is 13.4. The maximum Gasteiger partial charge on any atom is 0.261 e. The zero-order valence-electron chi connectivity index (χ0n) is 19.5. The van der Waals surface area contributed by atoms with Gasteiger partial charge in [-0.15, -0.1) is 0 Å². The highest BCUT2D eigenvalue weighted by atomic mass is 32.2. The van der Waals surface area contributed by atoms with E-state index in [1.54, 1.807) is 18.2 Å². The van der Waals surface area contributed by atoms with Crippen molar-refractivity contribution in [3.63, 3.8) is 0 Å². The molecule has 186 valence electrons. The largest absolute Gasteiger partial charge is 0.478 e. The number of pyridine rings is 2. The van der Waals surface area contributed by atoms with Gasteiger partial charge in [-0.05, 0) is 50.8 Å². The van der Waals surface area contributed by atoms with Crippen molar-refractivity contribution in [2.75, 3.05) is 11.9 Å². The quantitative estimate of drug-likeness (QED) is 0.443. The second-order valence-corrected chi connectivity index (χ2v) is 12.1. The Bertz CT molecular complexity index is 1300. The lowest BCUT2D eigenvalue weighted by Gasteiger charge is -2.26. The lowest BCUT2D eigenvalue weighted by atomic mass is 9.97. The van der Waals surface area contributed by atoms with Gasteiger partial charge in [0.15, 0.2) is 21.1 Å². The molecule has 0 radical (unpaired) electrons. The molecule has 2 aliphatic carbocycles. The number of aromatic nitrogens is 3. The summed E-state index contributed by atoms with van der Waals surface area (Å²) >= 11 is 1.25. The van der Waals surface area contributed by atoms with Gasteiger partial charge in [-0.3, -0.25) is 15.1 Å². The molecule has 3 aromatic rings. The molecular weight excluding hydrogens is 488 g/mol. The zero-order valence-corrected chi connectivity index (χ0v) is 21.1. The summed E-state index contributed by atoms with van der Waals surface area (Å²) in [4.78, 5) is 27.4. The Morgan fingerprint density at radius 1 is 1.11 bits per heavy atom. The smallest absolute Gasteiger partial charge is 0.261 e. The highest BCUT2D eigenvalue weighted by Gasteiger charge is 2.37. The van der Waals surface area contributed by atoms with E-state index < -0.39 is 21.8 Å². The van der Waals surface area contributed by atoms with Crippen LogP contribution in [0.25, 0.3) is 10.3 Å². The van der Waals surface area contributed by atoms with Crippen LogP contribution in [0.15, 0.2) is 35.4 Å². The zero-order chi connectivity index (χ0) is 24.4. The van der Waals surface area contributed by atoms with Crippen LogP contribution in [-0.4, -0.2) is 47.2 Å². The fraction of sp³-hybridized carbons (Fsp3) is 0.500. The SMILES string of the molecule is CCOc1ccc2nc(NC(=O)C(OC3CCCCC3)c3ccc(S(=O)(=O)C4CC4)cn3)sc2n1. The molecule has 3 aromatic heterocycles. The number of nitrogens with one attached hydrogen (secondary N) is 1. The summed E-state index contributed by atoms with van der Waals surface area (Å²) in [5, 5.41) is 2.93. The molecule has 1 N–H and O–H groups in total. The van der Waals surface area contributed by atoms with Crippen LogP contribution in [0, 0.1) is 0 Å². The second-order valence-electron chi connectivity index (χ2n) is 8.85. The van der Waals surface area contributed by atoms with Crippen molar-refractivity contribution in [3.05, 3.63) is 36.2 Å². The molecule has 35 heavy (non-hydrogen) atoms. The van der Waals surface area contributed by atoms with Crippen LogP contribution in [0.1, 0.15) is 63.7 Å². The second kappa shape index (κ2) is 10.2. The highest BCUT2D eigenvalue weighted by Crippen LogP contribution is 2.34. The maximum atomic E-state index is 13.4. The molecule has 9 nitrogen and oxygen atoms in total. The molecule has 5 rings (SSSR count). The van der Waals surface area contributed by atoms with Crippen molar-refractivity contribution in [1.29, 1.82) is 0 Å². The number of hydrogen-bond acceptors (Lipinski definition) is 9. The number of ether oxygens (including phenoxy) is 2. The molecule has 0 spiro atoms. The van der Waals surface area contributed by atoms with Gasteiger partial charge in [0.25, 0.3) is 5.91 Å². The summed E-state index contributed by atoms with van der Waals surface area (Å²) in [6, 6.07) is 6.65. The number of amides is 1. The minimum atomic E-state index is -3.36. The van der Waals surface area contributed by atoms with Crippen molar-refractivity contribution < 1.29 is 22.7 Å². The number of carbonyl (C=O) groups is 1. The Morgan fingerprint density at radius 3 is 2.60 bits per heavy atom. The van der Waals surface area contributed by atoms with Crippen LogP contribution >= 0.6 is 11.3 Å². The Balaban J connectivity index is 1.38. The number of thiazole rings is 1. The fourth-order valence-electron chi connectivity index (χ4n) is 4.20. The van der Waals surface area contributed by atoms with Gasteiger partial charge >= 0.3 is 0 Å². The molecule has 0 saturated heterocycles.